The number of amidine groups is 1. The number of hydrogen-bond acceptors (Lipinski definition) is 4. The van der Waals surface area contributed by atoms with Crippen LogP contribution in [-0.4, -0.2) is 29.1 Å². The van der Waals surface area contributed by atoms with Crippen molar-refractivity contribution in [2.75, 3.05) is 18.0 Å². The van der Waals surface area contributed by atoms with Crippen molar-refractivity contribution in [2.24, 2.45) is 10.9 Å². The van der Waals surface area contributed by atoms with Crippen molar-refractivity contribution in [3.8, 4) is 0 Å². The molecule has 0 atom stereocenters. The summed E-state index contributed by atoms with van der Waals surface area (Å²) in [6, 6.07) is 2.05. The Morgan fingerprint density at radius 1 is 1.45 bits per heavy atom. The molecule has 20 heavy (non-hydrogen) atoms. The number of nitrogens with two attached hydrogens (primary N) is 1. The molecule has 1 aromatic rings. The van der Waals surface area contributed by atoms with E-state index in [2.05, 4.69) is 23.9 Å². The lowest BCUT2D eigenvalue weighted by atomic mass is 10.1. The Labute approximate surface area is 120 Å². The molecule has 5 nitrogen and oxygen atoms in total. The van der Waals surface area contributed by atoms with E-state index in [1.165, 1.54) is 11.3 Å². The molecule has 0 bridgehead atoms. The van der Waals surface area contributed by atoms with Crippen LogP contribution in [0.1, 0.15) is 49.9 Å². The van der Waals surface area contributed by atoms with Crippen LogP contribution in [0.25, 0.3) is 0 Å². The van der Waals surface area contributed by atoms with E-state index in [-0.39, 0.29) is 5.84 Å². The van der Waals surface area contributed by atoms with Crippen molar-refractivity contribution in [3.05, 3.63) is 22.9 Å². The van der Waals surface area contributed by atoms with E-state index in [0.717, 1.165) is 56.6 Å². The Kier molecular flexibility index (Phi) is 4.82. The van der Waals surface area contributed by atoms with Gasteiger partial charge >= 0.3 is 0 Å². The molecular weight excluding hydrogens is 252 g/mol. The highest BCUT2D eigenvalue weighted by Crippen LogP contribution is 2.27. The fourth-order valence-corrected chi connectivity index (χ4v) is 2.71. The Hall–Kier alpha value is -1.78. The second kappa shape index (κ2) is 6.59. The number of fused-ring (bicyclic) bond motifs is 1. The molecule has 0 saturated carbocycles. The molecule has 110 valence electrons. The maximum atomic E-state index is 9.01. The largest absolute Gasteiger partial charge is 0.409 e. The Morgan fingerprint density at radius 2 is 2.25 bits per heavy atom. The molecule has 0 fully saturated rings. The average molecular weight is 276 g/mol. The quantitative estimate of drug-likeness (QED) is 0.362. The molecule has 1 aliphatic rings. The van der Waals surface area contributed by atoms with Crippen LogP contribution >= 0.6 is 0 Å². The molecule has 0 spiro atoms. The summed E-state index contributed by atoms with van der Waals surface area (Å²) < 4.78 is 0. The molecule has 0 unspecified atom stereocenters. The molecule has 0 radical (unpaired) electrons. The van der Waals surface area contributed by atoms with Crippen LogP contribution < -0.4 is 10.6 Å². The first-order valence-electron chi connectivity index (χ1n) is 7.46. The van der Waals surface area contributed by atoms with Gasteiger partial charge in [-0.05, 0) is 44.2 Å². The number of aryl methyl sites for hydroxylation is 2. The molecule has 0 amide bonds. The summed E-state index contributed by atoms with van der Waals surface area (Å²) in [5.41, 5.74) is 9.01. The summed E-state index contributed by atoms with van der Waals surface area (Å²) in [5, 5.41) is 12.2. The SMILES string of the molecule is CCCCN(CC)c1nc2c(cc1C(N)=NO)CCC2. The molecule has 1 aliphatic carbocycles. The highest BCUT2D eigenvalue weighted by molar-refractivity contribution is 6.01. The van der Waals surface area contributed by atoms with Gasteiger partial charge in [0.15, 0.2) is 5.84 Å². The third-order valence-corrected chi connectivity index (χ3v) is 3.88. The topological polar surface area (TPSA) is 74.7 Å². The predicted octanol–water partition coefficient (Wildman–Crippen LogP) is 2.29. The van der Waals surface area contributed by atoms with Crippen molar-refractivity contribution in [3.63, 3.8) is 0 Å². The minimum atomic E-state index is 0.150. The summed E-state index contributed by atoms with van der Waals surface area (Å²) in [6.45, 7) is 6.11. The van der Waals surface area contributed by atoms with E-state index in [0.29, 0.717) is 0 Å². The van der Waals surface area contributed by atoms with Crippen molar-refractivity contribution in [1.82, 2.24) is 4.98 Å². The summed E-state index contributed by atoms with van der Waals surface area (Å²) in [7, 11) is 0. The van der Waals surface area contributed by atoms with Crippen LogP contribution in [-0.2, 0) is 12.8 Å². The maximum Gasteiger partial charge on any atom is 0.173 e. The molecule has 0 saturated heterocycles. The zero-order valence-corrected chi connectivity index (χ0v) is 12.4. The van der Waals surface area contributed by atoms with Crippen LogP contribution in [0.3, 0.4) is 0 Å². The standard InChI is InChI=1S/C15H24N4O/c1-3-5-9-19(4-2)15-12(14(16)18-20)10-11-7-6-8-13(11)17-15/h10,20H,3-9H2,1-2H3,(H2,16,18). The average Bonchev–Trinajstić information content (AvgIpc) is 2.93. The van der Waals surface area contributed by atoms with Gasteiger partial charge in [0.1, 0.15) is 5.82 Å². The van der Waals surface area contributed by atoms with Gasteiger partial charge in [0, 0.05) is 18.8 Å². The summed E-state index contributed by atoms with van der Waals surface area (Å²) in [4.78, 5) is 7.02. The van der Waals surface area contributed by atoms with Gasteiger partial charge in [-0.25, -0.2) is 4.98 Å². The van der Waals surface area contributed by atoms with Gasteiger partial charge in [-0.15, -0.1) is 0 Å². The Balaban J connectivity index is 2.43. The zero-order chi connectivity index (χ0) is 14.5. The maximum absolute atomic E-state index is 9.01. The summed E-state index contributed by atoms with van der Waals surface area (Å²) in [6.07, 6.45) is 5.46. The fraction of sp³-hybridized carbons (Fsp3) is 0.600. The van der Waals surface area contributed by atoms with E-state index in [9.17, 15) is 0 Å². The number of aromatic nitrogens is 1. The number of rotatable bonds is 6. The highest BCUT2D eigenvalue weighted by atomic mass is 16.4. The molecular formula is C15H24N4O. The van der Waals surface area contributed by atoms with Gasteiger partial charge < -0.3 is 15.8 Å². The number of hydrogen-bond donors (Lipinski definition) is 2. The molecule has 1 aromatic heterocycles. The van der Waals surface area contributed by atoms with Crippen LogP contribution in [0.5, 0.6) is 0 Å². The van der Waals surface area contributed by atoms with Crippen molar-refractivity contribution >= 4 is 11.7 Å². The minimum absolute atomic E-state index is 0.150. The number of unbranched alkanes of at least 4 members (excludes halogenated alkanes) is 1. The lowest BCUT2D eigenvalue weighted by Crippen LogP contribution is -2.29. The monoisotopic (exact) mass is 276 g/mol. The van der Waals surface area contributed by atoms with E-state index < -0.39 is 0 Å². The third kappa shape index (κ3) is 2.86. The van der Waals surface area contributed by atoms with Gasteiger partial charge in [0.25, 0.3) is 0 Å². The second-order valence-electron chi connectivity index (χ2n) is 5.24. The molecule has 0 aliphatic heterocycles. The molecule has 3 N–H and O–H groups in total. The predicted molar refractivity (Wildman–Crippen MR) is 81.6 cm³/mol. The van der Waals surface area contributed by atoms with E-state index in [4.69, 9.17) is 15.9 Å². The second-order valence-corrected chi connectivity index (χ2v) is 5.24. The highest BCUT2D eigenvalue weighted by Gasteiger charge is 2.21. The van der Waals surface area contributed by atoms with E-state index in [1.54, 1.807) is 0 Å². The molecule has 2 rings (SSSR count). The fourth-order valence-electron chi connectivity index (χ4n) is 2.71. The first-order chi connectivity index (χ1) is 9.71. The summed E-state index contributed by atoms with van der Waals surface area (Å²) >= 11 is 0. The van der Waals surface area contributed by atoms with Crippen molar-refractivity contribution < 1.29 is 5.21 Å². The van der Waals surface area contributed by atoms with Gasteiger partial charge in [0.05, 0.1) is 5.56 Å². The number of anilines is 1. The van der Waals surface area contributed by atoms with Gasteiger partial charge in [-0.3, -0.25) is 0 Å². The van der Waals surface area contributed by atoms with Crippen LogP contribution in [0, 0.1) is 0 Å². The van der Waals surface area contributed by atoms with Crippen molar-refractivity contribution in [1.29, 1.82) is 0 Å². The molecule has 1 heterocycles. The number of oxime groups is 1. The van der Waals surface area contributed by atoms with Crippen LogP contribution in [0.2, 0.25) is 0 Å². The number of pyridine rings is 1. The minimum Gasteiger partial charge on any atom is -0.409 e. The zero-order valence-electron chi connectivity index (χ0n) is 12.4. The number of nitrogens with zero attached hydrogens (tertiary/aromatic N) is 3. The van der Waals surface area contributed by atoms with E-state index in [1.807, 2.05) is 6.07 Å². The Morgan fingerprint density at radius 3 is 2.90 bits per heavy atom. The lowest BCUT2D eigenvalue weighted by Gasteiger charge is -2.25. The van der Waals surface area contributed by atoms with Gasteiger partial charge in [0.2, 0.25) is 0 Å². The van der Waals surface area contributed by atoms with Crippen molar-refractivity contribution in [2.45, 2.75) is 46.0 Å². The van der Waals surface area contributed by atoms with Crippen LogP contribution in [0.15, 0.2) is 11.2 Å². The van der Waals surface area contributed by atoms with Gasteiger partial charge in [-0.2, -0.15) is 0 Å². The Bertz CT molecular complexity index is 499. The van der Waals surface area contributed by atoms with Gasteiger partial charge in [-0.1, -0.05) is 18.5 Å². The molecule has 5 heteroatoms. The first-order valence-corrected chi connectivity index (χ1v) is 7.46. The molecule has 0 aromatic carbocycles. The normalized spacial score (nSPS) is 14.4. The van der Waals surface area contributed by atoms with E-state index >= 15 is 0 Å². The lowest BCUT2D eigenvalue weighted by molar-refractivity contribution is 0.318. The first kappa shape index (κ1) is 14.6. The smallest absolute Gasteiger partial charge is 0.173 e. The van der Waals surface area contributed by atoms with Crippen LogP contribution in [0.4, 0.5) is 5.82 Å². The third-order valence-electron chi connectivity index (χ3n) is 3.88. The summed E-state index contributed by atoms with van der Waals surface area (Å²) in [5.74, 6) is 1.01.